The second-order valence-corrected chi connectivity index (χ2v) is 5.95. The molecule has 1 aromatic carbocycles. The Balaban J connectivity index is 1.68. The molecule has 5 heteroatoms. The minimum Gasteiger partial charge on any atom is -0.392 e. The summed E-state index contributed by atoms with van der Waals surface area (Å²) >= 11 is 0. The van der Waals surface area contributed by atoms with Gasteiger partial charge in [-0.3, -0.25) is 4.79 Å². The van der Waals surface area contributed by atoms with Crippen molar-refractivity contribution in [2.75, 3.05) is 23.3 Å². The summed E-state index contributed by atoms with van der Waals surface area (Å²) < 4.78 is 14.2. The van der Waals surface area contributed by atoms with Crippen LogP contribution in [0.15, 0.2) is 18.2 Å². The van der Waals surface area contributed by atoms with Gasteiger partial charge in [0.25, 0.3) is 0 Å². The Labute approximate surface area is 124 Å². The van der Waals surface area contributed by atoms with E-state index >= 15 is 0 Å². The van der Waals surface area contributed by atoms with Gasteiger partial charge in [-0.2, -0.15) is 0 Å². The fourth-order valence-electron chi connectivity index (χ4n) is 3.28. The zero-order valence-corrected chi connectivity index (χ0v) is 12.0. The molecule has 1 heterocycles. The molecule has 114 valence electrons. The Morgan fingerprint density at radius 3 is 2.62 bits per heavy atom. The molecule has 2 fully saturated rings. The molecule has 3 rings (SSSR count). The number of hydrogen-bond donors (Lipinski definition) is 2. The van der Waals surface area contributed by atoms with E-state index in [0.717, 1.165) is 32.4 Å². The van der Waals surface area contributed by atoms with Gasteiger partial charge in [0.1, 0.15) is 5.82 Å². The van der Waals surface area contributed by atoms with Crippen molar-refractivity contribution in [1.29, 1.82) is 0 Å². The lowest BCUT2D eigenvalue weighted by molar-refractivity contribution is -0.122. The highest BCUT2D eigenvalue weighted by atomic mass is 19.1. The molecule has 1 aliphatic heterocycles. The maximum Gasteiger partial charge on any atom is 0.230 e. The molecule has 2 aliphatic rings. The molecule has 1 amide bonds. The van der Waals surface area contributed by atoms with Crippen molar-refractivity contribution >= 4 is 17.3 Å². The van der Waals surface area contributed by atoms with Gasteiger partial charge in [0.15, 0.2) is 0 Å². The first-order valence-electron chi connectivity index (χ1n) is 7.68. The predicted molar refractivity (Wildman–Crippen MR) is 79.8 cm³/mol. The van der Waals surface area contributed by atoms with Crippen LogP contribution in [0.1, 0.15) is 32.1 Å². The average molecular weight is 292 g/mol. The SMILES string of the molecule is O=C(Nc1ccc(N2CCCC2)c(F)c1)C1CCCC1O. The lowest BCUT2D eigenvalue weighted by Gasteiger charge is -2.19. The van der Waals surface area contributed by atoms with Crippen LogP contribution in [-0.4, -0.2) is 30.2 Å². The number of carbonyl (C=O) groups is 1. The van der Waals surface area contributed by atoms with Crippen LogP contribution in [0, 0.1) is 11.7 Å². The molecular formula is C16H21FN2O2. The Bertz CT molecular complexity index is 529. The van der Waals surface area contributed by atoms with E-state index < -0.39 is 6.10 Å². The third-order valence-corrected chi connectivity index (χ3v) is 4.48. The summed E-state index contributed by atoms with van der Waals surface area (Å²) in [6.07, 6.45) is 3.84. The second kappa shape index (κ2) is 6.02. The van der Waals surface area contributed by atoms with Crippen molar-refractivity contribution in [3.63, 3.8) is 0 Å². The summed E-state index contributed by atoms with van der Waals surface area (Å²) in [4.78, 5) is 14.1. The first-order chi connectivity index (χ1) is 10.1. The van der Waals surface area contributed by atoms with Gasteiger partial charge in [-0.1, -0.05) is 0 Å². The standard InChI is InChI=1S/C16H21FN2O2/c17-13-10-11(6-7-14(13)19-8-1-2-9-19)18-16(21)12-4-3-5-15(12)20/h6-7,10,12,15,20H,1-5,8-9H2,(H,18,21). The summed E-state index contributed by atoms with van der Waals surface area (Å²) in [6.45, 7) is 1.77. The molecule has 4 nitrogen and oxygen atoms in total. The van der Waals surface area contributed by atoms with E-state index in [9.17, 15) is 14.3 Å². The third-order valence-electron chi connectivity index (χ3n) is 4.48. The van der Waals surface area contributed by atoms with E-state index in [-0.39, 0.29) is 17.6 Å². The lowest BCUT2D eigenvalue weighted by Crippen LogP contribution is -2.28. The van der Waals surface area contributed by atoms with E-state index in [4.69, 9.17) is 0 Å². The van der Waals surface area contributed by atoms with Crippen LogP contribution in [0.5, 0.6) is 0 Å². The number of nitrogens with zero attached hydrogens (tertiary/aromatic N) is 1. The van der Waals surface area contributed by atoms with Crippen LogP contribution in [0.3, 0.4) is 0 Å². The van der Waals surface area contributed by atoms with Crippen molar-refractivity contribution in [2.24, 2.45) is 5.92 Å². The number of aliphatic hydroxyl groups is 1. The quantitative estimate of drug-likeness (QED) is 0.900. The largest absolute Gasteiger partial charge is 0.392 e. The molecule has 0 bridgehead atoms. The maximum absolute atomic E-state index is 14.2. The molecule has 1 saturated heterocycles. The van der Waals surface area contributed by atoms with E-state index in [1.54, 1.807) is 12.1 Å². The fraction of sp³-hybridized carbons (Fsp3) is 0.562. The zero-order valence-electron chi connectivity index (χ0n) is 12.0. The zero-order chi connectivity index (χ0) is 14.8. The minimum absolute atomic E-state index is 0.215. The highest BCUT2D eigenvalue weighted by Gasteiger charge is 2.31. The Hall–Kier alpha value is -1.62. The van der Waals surface area contributed by atoms with Gasteiger partial charge in [0, 0.05) is 18.8 Å². The molecule has 0 aromatic heterocycles. The van der Waals surface area contributed by atoms with Gasteiger partial charge in [0.05, 0.1) is 17.7 Å². The van der Waals surface area contributed by atoms with Crippen molar-refractivity contribution in [3.05, 3.63) is 24.0 Å². The number of halogens is 1. The number of rotatable bonds is 3. The van der Waals surface area contributed by atoms with Crippen molar-refractivity contribution in [2.45, 2.75) is 38.2 Å². The molecule has 0 radical (unpaired) electrons. The topological polar surface area (TPSA) is 52.6 Å². The fourth-order valence-corrected chi connectivity index (χ4v) is 3.28. The van der Waals surface area contributed by atoms with Gasteiger partial charge in [-0.25, -0.2) is 4.39 Å². The molecule has 21 heavy (non-hydrogen) atoms. The van der Waals surface area contributed by atoms with Crippen molar-refractivity contribution < 1.29 is 14.3 Å². The number of nitrogens with one attached hydrogen (secondary N) is 1. The summed E-state index contributed by atoms with van der Waals surface area (Å²) in [7, 11) is 0. The van der Waals surface area contributed by atoms with Crippen molar-refractivity contribution in [3.8, 4) is 0 Å². The van der Waals surface area contributed by atoms with Crippen LogP contribution in [-0.2, 0) is 4.79 Å². The number of carbonyl (C=O) groups excluding carboxylic acids is 1. The van der Waals surface area contributed by atoms with E-state index in [1.807, 2.05) is 4.90 Å². The first kappa shape index (κ1) is 14.3. The number of hydrogen-bond acceptors (Lipinski definition) is 3. The Morgan fingerprint density at radius 1 is 1.24 bits per heavy atom. The van der Waals surface area contributed by atoms with Gasteiger partial charge in [-0.15, -0.1) is 0 Å². The second-order valence-electron chi connectivity index (χ2n) is 5.95. The molecule has 2 unspecified atom stereocenters. The van der Waals surface area contributed by atoms with Gasteiger partial charge < -0.3 is 15.3 Å². The minimum atomic E-state index is -0.571. The molecule has 2 atom stereocenters. The lowest BCUT2D eigenvalue weighted by atomic mass is 10.1. The average Bonchev–Trinajstić information content (AvgIpc) is 3.10. The molecule has 2 N–H and O–H groups in total. The monoisotopic (exact) mass is 292 g/mol. The number of aliphatic hydroxyl groups excluding tert-OH is 1. The van der Waals surface area contributed by atoms with Crippen LogP contribution in [0.4, 0.5) is 15.8 Å². The van der Waals surface area contributed by atoms with Crippen molar-refractivity contribution in [1.82, 2.24) is 0 Å². The molecular weight excluding hydrogens is 271 g/mol. The normalized spacial score (nSPS) is 25.3. The van der Waals surface area contributed by atoms with Crippen LogP contribution in [0.25, 0.3) is 0 Å². The molecule has 0 spiro atoms. The third kappa shape index (κ3) is 3.02. The van der Waals surface area contributed by atoms with Gasteiger partial charge in [0.2, 0.25) is 5.91 Å². The highest BCUT2D eigenvalue weighted by molar-refractivity contribution is 5.93. The molecule has 1 aliphatic carbocycles. The van der Waals surface area contributed by atoms with Crippen LogP contribution >= 0.6 is 0 Å². The summed E-state index contributed by atoms with van der Waals surface area (Å²) in [5.41, 5.74) is 1.06. The Kier molecular flexibility index (Phi) is 4.10. The smallest absolute Gasteiger partial charge is 0.230 e. The summed E-state index contributed by atoms with van der Waals surface area (Å²) in [5, 5.41) is 12.5. The first-order valence-corrected chi connectivity index (χ1v) is 7.68. The van der Waals surface area contributed by atoms with Crippen LogP contribution < -0.4 is 10.2 Å². The number of amides is 1. The highest BCUT2D eigenvalue weighted by Crippen LogP contribution is 2.29. The Morgan fingerprint density at radius 2 is 2.00 bits per heavy atom. The predicted octanol–water partition coefficient (Wildman–Crippen LogP) is 2.53. The summed E-state index contributed by atoms with van der Waals surface area (Å²) in [6, 6.07) is 4.82. The van der Waals surface area contributed by atoms with Crippen LogP contribution in [0.2, 0.25) is 0 Å². The van der Waals surface area contributed by atoms with E-state index in [0.29, 0.717) is 24.2 Å². The summed E-state index contributed by atoms with van der Waals surface area (Å²) in [5.74, 6) is -0.888. The van der Waals surface area contributed by atoms with E-state index in [2.05, 4.69) is 5.32 Å². The maximum atomic E-state index is 14.2. The molecule has 1 aromatic rings. The van der Waals surface area contributed by atoms with E-state index in [1.165, 1.54) is 6.07 Å². The van der Waals surface area contributed by atoms with Gasteiger partial charge in [-0.05, 0) is 50.3 Å². The number of anilines is 2. The number of benzene rings is 1. The molecule has 1 saturated carbocycles. The van der Waals surface area contributed by atoms with Gasteiger partial charge >= 0.3 is 0 Å².